The normalized spacial score (nSPS) is 23.2. The van der Waals surface area contributed by atoms with Crippen molar-refractivity contribution in [2.45, 2.75) is 32.2 Å². The monoisotopic (exact) mass is 366 g/mol. The SMILES string of the molecule is CCOC(=O)C(C(=O)OCC)[C@@H]1[C@@H](c2cccs2)CN2CCC(=O)N12. The molecule has 2 aliphatic heterocycles. The number of carbonyl (C=O) groups is 3. The summed E-state index contributed by atoms with van der Waals surface area (Å²) in [4.78, 5) is 38.6. The molecule has 0 saturated carbocycles. The first-order valence-electron chi connectivity index (χ1n) is 8.52. The third-order valence-corrected chi connectivity index (χ3v) is 5.58. The van der Waals surface area contributed by atoms with Crippen LogP contribution in [0, 0.1) is 5.92 Å². The van der Waals surface area contributed by atoms with E-state index in [-0.39, 0.29) is 25.0 Å². The Labute approximate surface area is 150 Å². The molecule has 0 aromatic carbocycles. The molecule has 0 N–H and O–H groups in total. The smallest absolute Gasteiger partial charge is 0.322 e. The van der Waals surface area contributed by atoms with Crippen molar-refractivity contribution in [3.63, 3.8) is 0 Å². The Kier molecular flexibility index (Phi) is 5.39. The van der Waals surface area contributed by atoms with Crippen LogP contribution in [0.4, 0.5) is 0 Å². The highest BCUT2D eigenvalue weighted by Gasteiger charge is 2.55. The lowest BCUT2D eigenvalue weighted by Crippen LogP contribution is -2.49. The molecule has 0 bridgehead atoms. The summed E-state index contributed by atoms with van der Waals surface area (Å²) in [5, 5.41) is 5.47. The van der Waals surface area contributed by atoms with Gasteiger partial charge >= 0.3 is 11.9 Å². The molecule has 25 heavy (non-hydrogen) atoms. The molecule has 2 fully saturated rings. The lowest BCUT2D eigenvalue weighted by atomic mass is 9.87. The van der Waals surface area contributed by atoms with E-state index in [0.29, 0.717) is 19.5 Å². The minimum absolute atomic E-state index is 0.0670. The predicted octanol–water partition coefficient (Wildman–Crippen LogP) is 1.41. The summed E-state index contributed by atoms with van der Waals surface area (Å²) in [6, 6.07) is 3.30. The Hall–Kier alpha value is -1.93. The molecule has 136 valence electrons. The maximum absolute atomic E-state index is 12.6. The van der Waals surface area contributed by atoms with Crippen LogP contribution >= 0.6 is 11.3 Å². The van der Waals surface area contributed by atoms with Crippen LogP contribution in [0.5, 0.6) is 0 Å². The van der Waals surface area contributed by atoms with Crippen molar-refractivity contribution in [3.05, 3.63) is 22.4 Å². The highest BCUT2D eigenvalue weighted by Crippen LogP contribution is 2.41. The highest BCUT2D eigenvalue weighted by molar-refractivity contribution is 7.10. The van der Waals surface area contributed by atoms with Crippen molar-refractivity contribution in [2.75, 3.05) is 26.3 Å². The fourth-order valence-corrected chi connectivity index (χ4v) is 4.48. The maximum atomic E-state index is 12.6. The zero-order chi connectivity index (χ0) is 18.0. The van der Waals surface area contributed by atoms with Crippen molar-refractivity contribution in [3.8, 4) is 0 Å². The number of esters is 2. The van der Waals surface area contributed by atoms with E-state index >= 15 is 0 Å². The zero-order valence-electron chi connectivity index (χ0n) is 14.3. The van der Waals surface area contributed by atoms with Crippen LogP contribution < -0.4 is 0 Å². The first-order chi connectivity index (χ1) is 12.1. The Morgan fingerprint density at radius 1 is 1.28 bits per heavy atom. The van der Waals surface area contributed by atoms with Gasteiger partial charge in [0.25, 0.3) is 0 Å². The molecule has 8 heteroatoms. The summed E-state index contributed by atoms with van der Waals surface area (Å²) in [5.41, 5.74) is 0. The van der Waals surface area contributed by atoms with E-state index < -0.39 is 23.9 Å². The van der Waals surface area contributed by atoms with Crippen molar-refractivity contribution in [1.29, 1.82) is 0 Å². The van der Waals surface area contributed by atoms with Crippen molar-refractivity contribution in [1.82, 2.24) is 10.0 Å². The summed E-state index contributed by atoms with van der Waals surface area (Å²) >= 11 is 1.56. The van der Waals surface area contributed by atoms with Crippen molar-refractivity contribution >= 4 is 29.2 Å². The minimum atomic E-state index is -1.14. The number of amides is 1. The van der Waals surface area contributed by atoms with Gasteiger partial charge in [-0.25, -0.2) is 5.01 Å². The van der Waals surface area contributed by atoms with Crippen LogP contribution in [0.1, 0.15) is 31.1 Å². The number of hydrogen-bond acceptors (Lipinski definition) is 7. The molecule has 1 aromatic rings. The zero-order valence-corrected chi connectivity index (χ0v) is 15.2. The first kappa shape index (κ1) is 17.9. The van der Waals surface area contributed by atoms with E-state index in [0.717, 1.165) is 4.88 Å². The number of nitrogens with zero attached hydrogens (tertiary/aromatic N) is 2. The Morgan fingerprint density at radius 3 is 2.52 bits per heavy atom. The molecule has 0 radical (unpaired) electrons. The van der Waals surface area contributed by atoms with Crippen molar-refractivity contribution in [2.24, 2.45) is 5.92 Å². The predicted molar refractivity (Wildman–Crippen MR) is 90.6 cm³/mol. The molecular weight excluding hydrogens is 344 g/mol. The highest BCUT2D eigenvalue weighted by atomic mass is 32.1. The fraction of sp³-hybridized carbons (Fsp3) is 0.588. The number of carbonyl (C=O) groups excluding carboxylic acids is 3. The molecule has 2 aliphatic rings. The molecule has 2 atom stereocenters. The number of hydrazine groups is 1. The molecule has 3 rings (SSSR count). The molecule has 3 heterocycles. The summed E-state index contributed by atoms with van der Waals surface area (Å²) < 4.78 is 10.3. The van der Waals surface area contributed by atoms with E-state index in [1.165, 1.54) is 0 Å². The fourth-order valence-electron chi connectivity index (χ4n) is 3.62. The van der Waals surface area contributed by atoms with Crippen molar-refractivity contribution < 1.29 is 23.9 Å². The molecule has 1 aromatic heterocycles. The summed E-state index contributed by atoms with van der Waals surface area (Å²) in [6.07, 6.45) is 0.395. The number of thiophene rings is 1. The van der Waals surface area contributed by atoms with Crippen LogP contribution in [0.25, 0.3) is 0 Å². The molecule has 7 nitrogen and oxygen atoms in total. The van der Waals surface area contributed by atoms with Gasteiger partial charge in [-0.05, 0) is 25.3 Å². The lowest BCUT2D eigenvalue weighted by Gasteiger charge is -2.31. The van der Waals surface area contributed by atoms with Gasteiger partial charge in [-0.1, -0.05) is 6.07 Å². The van der Waals surface area contributed by atoms with E-state index in [9.17, 15) is 14.4 Å². The second-order valence-corrected chi connectivity index (χ2v) is 6.97. The number of fused-ring (bicyclic) bond motifs is 1. The standard InChI is InChI=1S/C17H22N2O5S/c1-3-23-16(21)14(17(22)24-4-2)15-11(12-6-5-9-25-12)10-18-8-7-13(20)19(15)18/h5-6,9,11,14-15H,3-4,7-8,10H2,1-2H3/t11-,15+/m1/s1. The van der Waals surface area contributed by atoms with Gasteiger partial charge in [-0.15, -0.1) is 11.3 Å². The summed E-state index contributed by atoms with van der Waals surface area (Å²) in [5.74, 6) is -2.59. The van der Waals surface area contributed by atoms with Crippen LogP contribution in [0.2, 0.25) is 0 Å². The maximum Gasteiger partial charge on any atom is 0.322 e. The lowest BCUT2D eigenvalue weighted by molar-refractivity contribution is -0.167. The molecule has 2 saturated heterocycles. The Balaban J connectivity index is 1.99. The topological polar surface area (TPSA) is 76.2 Å². The quantitative estimate of drug-likeness (QED) is 0.560. The Morgan fingerprint density at radius 2 is 1.96 bits per heavy atom. The molecule has 0 spiro atoms. The summed E-state index contributed by atoms with van der Waals surface area (Å²) in [7, 11) is 0. The second kappa shape index (κ2) is 7.53. The molecule has 0 aliphatic carbocycles. The van der Waals surface area contributed by atoms with E-state index in [1.54, 1.807) is 30.2 Å². The van der Waals surface area contributed by atoms with Gasteiger partial charge in [0.2, 0.25) is 5.91 Å². The van der Waals surface area contributed by atoms with Gasteiger partial charge < -0.3 is 9.47 Å². The van der Waals surface area contributed by atoms with Crippen LogP contribution in [0.3, 0.4) is 0 Å². The van der Waals surface area contributed by atoms with Crippen LogP contribution in [-0.4, -0.2) is 60.2 Å². The minimum Gasteiger partial charge on any atom is -0.465 e. The van der Waals surface area contributed by atoms with Gasteiger partial charge in [-0.3, -0.25) is 19.4 Å². The number of ether oxygens (including phenoxy) is 2. The van der Waals surface area contributed by atoms with Gasteiger partial charge in [0, 0.05) is 30.3 Å². The molecule has 1 amide bonds. The molecular formula is C17H22N2O5S. The van der Waals surface area contributed by atoms with E-state index in [1.807, 2.05) is 22.5 Å². The van der Waals surface area contributed by atoms with Gasteiger partial charge in [0.15, 0.2) is 5.92 Å². The van der Waals surface area contributed by atoms with E-state index in [2.05, 4.69) is 0 Å². The average molecular weight is 366 g/mol. The summed E-state index contributed by atoms with van der Waals surface area (Å²) in [6.45, 7) is 4.94. The van der Waals surface area contributed by atoms with Gasteiger partial charge in [-0.2, -0.15) is 0 Å². The first-order valence-corrected chi connectivity index (χ1v) is 9.40. The largest absolute Gasteiger partial charge is 0.465 e. The number of hydrogen-bond donors (Lipinski definition) is 0. The van der Waals surface area contributed by atoms with Crippen LogP contribution in [-0.2, 0) is 23.9 Å². The van der Waals surface area contributed by atoms with E-state index in [4.69, 9.17) is 9.47 Å². The van der Waals surface area contributed by atoms with Crippen LogP contribution in [0.15, 0.2) is 17.5 Å². The number of rotatable bonds is 6. The molecule has 0 unspecified atom stereocenters. The average Bonchev–Trinajstić information content (AvgIpc) is 3.27. The third kappa shape index (κ3) is 3.28. The Bertz CT molecular complexity index is 629. The third-order valence-electron chi connectivity index (χ3n) is 4.58. The van der Waals surface area contributed by atoms with Gasteiger partial charge in [0.1, 0.15) is 0 Å². The second-order valence-electron chi connectivity index (χ2n) is 6.00. The van der Waals surface area contributed by atoms with Gasteiger partial charge in [0.05, 0.1) is 19.3 Å².